The average molecular weight is 302 g/mol. The lowest BCUT2D eigenvalue weighted by Crippen LogP contribution is -1.86. The Labute approximate surface area is 139 Å². The van der Waals surface area contributed by atoms with E-state index in [1.807, 2.05) is 0 Å². The summed E-state index contributed by atoms with van der Waals surface area (Å²) in [5.74, 6) is 0. The number of fused-ring (bicyclic) bond motifs is 4. The summed E-state index contributed by atoms with van der Waals surface area (Å²) in [4.78, 5) is 0. The molecule has 0 aliphatic heterocycles. The molecular weight excluding hydrogens is 288 g/mol. The lowest BCUT2D eigenvalue weighted by Gasteiger charge is -2.14. The van der Waals surface area contributed by atoms with Gasteiger partial charge in [0.05, 0.1) is 0 Å². The van der Waals surface area contributed by atoms with Crippen LogP contribution in [-0.4, -0.2) is 0 Å². The third kappa shape index (κ3) is 1.43. The van der Waals surface area contributed by atoms with E-state index in [-0.39, 0.29) is 0 Å². The van der Waals surface area contributed by atoms with Gasteiger partial charge in [-0.2, -0.15) is 0 Å². The first-order valence-corrected chi connectivity index (χ1v) is 8.38. The molecule has 24 heavy (non-hydrogen) atoms. The lowest BCUT2D eigenvalue weighted by molar-refractivity contribution is 1.78. The van der Waals surface area contributed by atoms with Crippen LogP contribution in [0, 0.1) is 0 Å². The minimum absolute atomic E-state index is 1.30. The van der Waals surface area contributed by atoms with Gasteiger partial charge in [0.2, 0.25) is 0 Å². The van der Waals surface area contributed by atoms with E-state index in [0.29, 0.717) is 0 Å². The zero-order valence-corrected chi connectivity index (χ0v) is 13.1. The predicted molar refractivity (Wildman–Crippen MR) is 105 cm³/mol. The Morgan fingerprint density at radius 3 is 1.92 bits per heavy atom. The Balaban J connectivity index is 1.98. The monoisotopic (exact) mass is 302 g/mol. The van der Waals surface area contributed by atoms with Crippen LogP contribution in [0.25, 0.3) is 53.9 Å². The molecule has 0 unspecified atom stereocenters. The van der Waals surface area contributed by atoms with Crippen molar-refractivity contribution in [1.29, 1.82) is 0 Å². The average Bonchev–Trinajstić information content (AvgIpc) is 2.65. The van der Waals surface area contributed by atoms with Crippen LogP contribution in [0.1, 0.15) is 0 Å². The second-order valence-electron chi connectivity index (χ2n) is 6.61. The molecule has 0 heterocycles. The van der Waals surface area contributed by atoms with Crippen molar-refractivity contribution in [2.45, 2.75) is 0 Å². The van der Waals surface area contributed by atoms with Gasteiger partial charge in [0.1, 0.15) is 0 Å². The number of rotatable bonds is 0. The number of hydrogen-bond donors (Lipinski definition) is 0. The second-order valence-corrected chi connectivity index (χ2v) is 6.61. The Kier molecular flexibility index (Phi) is 2.18. The summed E-state index contributed by atoms with van der Waals surface area (Å²) in [6.45, 7) is 0. The maximum Gasteiger partial charge on any atom is -0.00203 e. The standard InChI is InChI=1S/C24H14/c1-2-7-19-15(4-1)10-12-20-21-13-11-17-6-3-5-16-8-9-18(14-22(19)20)24(21)23(16)17/h1-14H. The third-order valence-corrected chi connectivity index (χ3v) is 5.37. The van der Waals surface area contributed by atoms with Gasteiger partial charge < -0.3 is 0 Å². The van der Waals surface area contributed by atoms with Crippen LogP contribution in [0.2, 0.25) is 0 Å². The first-order chi connectivity index (χ1) is 11.9. The molecule has 0 N–H and O–H groups in total. The van der Waals surface area contributed by atoms with Crippen molar-refractivity contribution in [3.8, 4) is 0 Å². The molecule has 0 heteroatoms. The molecular formula is C24H14. The summed E-state index contributed by atoms with van der Waals surface area (Å²) in [6, 6.07) is 31.2. The highest BCUT2D eigenvalue weighted by Crippen LogP contribution is 2.40. The minimum atomic E-state index is 1.30. The van der Waals surface area contributed by atoms with Crippen LogP contribution in [0.15, 0.2) is 84.9 Å². The van der Waals surface area contributed by atoms with Crippen molar-refractivity contribution in [1.82, 2.24) is 0 Å². The Bertz CT molecular complexity index is 1370. The summed E-state index contributed by atoms with van der Waals surface area (Å²) >= 11 is 0. The van der Waals surface area contributed by atoms with Gasteiger partial charge in [-0.25, -0.2) is 0 Å². The molecule has 0 spiro atoms. The van der Waals surface area contributed by atoms with Gasteiger partial charge in [-0.05, 0) is 59.9 Å². The van der Waals surface area contributed by atoms with Crippen LogP contribution in [-0.2, 0) is 0 Å². The van der Waals surface area contributed by atoms with Crippen molar-refractivity contribution in [3.05, 3.63) is 84.9 Å². The molecule has 0 nitrogen and oxygen atoms in total. The fourth-order valence-electron chi connectivity index (χ4n) is 4.30. The van der Waals surface area contributed by atoms with E-state index in [1.165, 1.54) is 53.9 Å². The molecule has 110 valence electrons. The van der Waals surface area contributed by atoms with E-state index in [2.05, 4.69) is 84.9 Å². The zero-order valence-electron chi connectivity index (χ0n) is 13.1. The smallest absolute Gasteiger partial charge is 0.00203 e. The van der Waals surface area contributed by atoms with Crippen molar-refractivity contribution < 1.29 is 0 Å². The van der Waals surface area contributed by atoms with E-state index in [0.717, 1.165) is 0 Å². The Morgan fingerprint density at radius 1 is 0.333 bits per heavy atom. The van der Waals surface area contributed by atoms with Gasteiger partial charge in [0, 0.05) is 0 Å². The van der Waals surface area contributed by atoms with Crippen LogP contribution in [0.4, 0.5) is 0 Å². The number of benzene rings is 6. The summed E-state index contributed by atoms with van der Waals surface area (Å²) in [5.41, 5.74) is 0. The molecule has 0 saturated heterocycles. The molecule has 0 radical (unpaired) electrons. The van der Waals surface area contributed by atoms with Gasteiger partial charge in [-0.15, -0.1) is 0 Å². The van der Waals surface area contributed by atoms with Gasteiger partial charge in [-0.1, -0.05) is 78.9 Å². The lowest BCUT2D eigenvalue weighted by atomic mass is 9.89. The van der Waals surface area contributed by atoms with E-state index in [4.69, 9.17) is 0 Å². The van der Waals surface area contributed by atoms with Crippen LogP contribution in [0.3, 0.4) is 0 Å². The normalized spacial score (nSPS) is 12.2. The highest BCUT2D eigenvalue weighted by molar-refractivity contribution is 6.31. The highest BCUT2D eigenvalue weighted by atomic mass is 14.1. The molecule has 0 aromatic heterocycles. The van der Waals surface area contributed by atoms with E-state index in [1.54, 1.807) is 0 Å². The second kappa shape index (κ2) is 4.24. The zero-order chi connectivity index (χ0) is 15.7. The van der Waals surface area contributed by atoms with E-state index >= 15 is 0 Å². The predicted octanol–water partition coefficient (Wildman–Crippen LogP) is 6.89. The molecule has 0 atom stereocenters. The van der Waals surface area contributed by atoms with Crippen molar-refractivity contribution in [2.24, 2.45) is 0 Å². The summed E-state index contributed by atoms with van der Waals surface area (Å²) in [5, 5.41) is 13.5. The van der Waals surface area contributed by atoms with Gasteiger partial charge in [0.25, 0.3) is 0 Å². The van der Waals surface area contributed by atoms with Crippen LogP contribution < -0.4 is 0 Å². The fraction of sp³-hybridized carbons (Fsp3) is 0. The van der Waals surface area contributed by atoms with Crippen LogP contribution >= 0.6 is 0 Å². The quantitative estimate of drug-likeness (QED) is 0.212. The SMILES string of the molecule is c1ccc2c(c1)ccc1c2cc2ccc3cccc4ccc1c2c34. The molecule has 0 fully saturated rings. The maximum atomic E-state index is 2.37. The third-order valence-electron chi connectivity index (χ3n) is 5.37. The fourth-order valence-corrected chi connectivity index (χ4v) is 4.30. The number of hydrogen-bond acceptors (Lipinski definition) is 0. The molecule has 0 bridgehead atoms. The molecule has 0 aliphatic rings. The van der Waals surface area contributed by atoms with Gasteiger partial charge >= 0.3 is 0 Å². The largest absolute Gasteiger partial charge is 0.0616 e. The molecule has 0 amide bonds. The van der Waals surface area contributed by atoms with Crippen molar-refractivity contribution in [3.63, 3.8) is 0 Å². The summed E-state index contributed by atoms with van der Waals surface area (Å²) in [6.07, 6.45) is 0. The molecule has 6 rings (SSSR count). The van der Waals surface area contributed by atoms with Crippen LogP contribution in [0.5, 0.6) is 0 Å². The molecule has 6 aromatic carbocycles. The van der Waals surface area contributed by atoms with Gasteiger partial charge in [-0.3, -0.25) is 0 Å². The Morgan fingerprint density at radius 2 is 1.00 bits per heavy atom. The minimum Gasteiger partial charge on any atom is -0.0616 e. The van der Waals surface area contributed by atoms with Crippen molar-refractivity contribution in [2.75, 3.05) is 0 Å². The van der Waals surface area contributed by atoms with E-state index in [9.17, 15) is 0 Å². The Hall–Kier alpha value is -3.12. The maximum absolute atomic E-state index is 2.37. The first-order valence-electron chi connectivity index (χ1n) is 8.38. The highest BCUT2D eigenvalue weighted by Gasteiger charge is 2.11. The molecule has 6 aromatic rings. The summed E-state index contributed by atoms with van der Waals surface area (Å²) < 4.78 is 0. The molecule has 0 aliphatic carbocycles. The van der Waals surface area contributed by atoms with E-state index < -0.39 is 0 Å². The topological polar surface area (TPSA) is 0 Å². The van der Waals surface area contributed by atoms with Gasteiger partial charge in [0.15, 0.2) is 0 Å². The summed E-state index contributed by atoms with van der Waals surface area (Å²) in [7, 11) is 0. The molecule has 0 saturated carbocycles. The van der Waals surface area contributed by atoms with Crippen molar-refractivity contribution >= 4 is 53.9 Å². The first kappa shape index (κ1) is 12.3.